The van der Waals surface area contributed by atoms with Crippen molar-refractivity contribution >= 4 is 12.1 Å². The Bertz CT molecular complexity index is 420. The molecule has 0 heterocycles. The number of carbonyl (C=O) groups excluding carboxylic acids is 1. The highest BCUT2D eigenvalue weighted by Gasteiger charge is 2.19. The third-order valence-corrected chi connectivity index (χ3v) is 5.05. The van der Waals surface area contributed by atoms with Gasteiger partial charge in [-0.25, -0.2) is 4.79 Å². The number of aliphatic carboxylic acids is 1. The second kappa shape index (κ2) is 12.2. The number of ether oxygens (including phenoxy) is 1. The van der Waals surface area contributed by atoms with Crippen LogP contribution < -0.4 is 10.6 Å². The Kier molecular flexibility index (Phi) is 10.7. The fourth-order valence-electron chi connectivity index (χ4n) is 3.51. The van der Waals surface area contributed by atoms with Gasteiger partial charge in [0, 0.05) is 18.6 Å². The number of rotatable bonds is 5. The molecule has 2 aliphatic carbocycles. The van der Waals surface area contributed by atoms with Gasteiger partial charge in [0.1, 0.15) is 5.60 Å². The van der Waals surface area contributed by atoms with Crippen molar-refractivity contribution in [2.75, 3.05) is 6.54 Å². The van der Waals surface area contributed by atoms with Gasteiger partial charge in [-0.1, -0.05) is 45.4 Å². The first-order chi connectivity index (χ1) is 12.7. The zero-order chi connectivity index (χ0) is 20.3. The van der Waals surface area contributed by atoms with Crippen LogP contribution in [0.25, 0.3) is 0 Å². The lowest BCUT2D eigenvalue weighted by Crippen LogP contribution is -2.40. The molecule has 1 amide bonds. The number of amides is 1. The topological polar surface area (TPSA) is 87.7 Å². The van der Waals surface area contributed by atoms with Gasteiger partial charge < -0.3 is 20.5 Å². The molecule has 2 rings (SSSR count). The van der Waals surface area contributed by atoms with Crippen molar-refractivity contribution in [1.82, 2.24) is 10.6 Å². The summed E-state index contributed by atoms with van der Waals surface area (Å²) in [6.45, 7) is 6.82. The van der Waals surface area contributed by atoms with Crippen LogP contribution in [-0.2, 0) is 9.53 Å². The lowest BCUT2D eigenvalue weighted by Gasteiger charge is -2.30. The first-order valence-corrected chi connectivity index (χ1v) is 10.6. The number of hydrogen-bond acceptors (Lipinski definition) is 4. The fourth-order valence-corrected chi connectivity index (χ4v) is 3.51. The molecule has 158 valence electrons. The van der Waals surface area contributed by atoms with E-state index in [0.717, 1.165) is 12.1 Å². The van der Waals surface area contributed by atoms with Crippen LogP contribution in [0.2, 0.25) is 0 Å². The van der Waals surface area contributed by atoms with E-state index in [1.54, 1.807) is 20.8 Å². The highest BCUT2D eigenvalue weighted by Crippen LogP contribution is 2.22. The van der Waals surface area contributed by atoms with Gasteiger partial charge in [0.15, 0.2) is 0 Å². The summed E-state index contributed by atoms with van der Waals surface area (Å²) < 4.78 is 4.92. The van der Waals surface area contributed by atoms with Crippen molar-refractivity contribution in [3.63, 3.8) is 0 Å². The summed E-state index contributed by atoms with van der Waals surface area (Å²) in [6.07, 6.45) is 14.0. The minimum Gasteiger partial charge on any atom is -0.481 e. The first-order valence-electron chi connectivity index (χ1n) is 10.6. The van der Waals surface area contributed by atoms with Crippen molar-refractivity contribution in [2.45, 2.75) is 110 Å². The monoisotopic (exact) mass is 384 g/mol. The summed E-state index contributed by atoms with van der Waals surface area (Å²) in [5.74, 6) is -1.55. The van der Waals surface area contributed by atoms with Crippen molar-refractivity contribution < 1.29 is 19.4 Å². The summed E-state index contributed by atoms with van der Waals surface area (Å²) in [5.41, 5.74) is -0.559. The van der Waals surface area contributed by atoms with Gasteiger partial charge in [-0.3, -0.25) is 4.79 Å². The molecule has 27 heavy (non-hydrogen) atoms. The average molecular weight is 385 g/mol. The number of carboxylic acid groups (broad SMARTS) is 1. The van der Waals surface area contributed by atoms with E-state index in [1.165, 1.54) is 71.1 Å². The normalized spacial score (nSPS) is 20.1. The second-order valence-electron chi connectivity index (χ2n) is 8.96. The maximum atomic E-state index is 11.1. The molecule has 2 aliphatic rings. The molecule has 0 spiro atoms. The van der Waals surface area contributed by atoms with Crippen LogP contribution >= 0.6 is 0 Å². The van der Waals surface area contributed by atoms with Gasteiger partial charge in [0.2, 0.25) is 0 Å². The molecular formula is C21H40N2O4. The molecular weight excluding hydrogens is 344 g/mol. The minimum atomic E-state index is -0.943. The van der Waals surface area contributed by atoms with E-state index >= 15 is 0 Å². The second-order valence-corrected chi connectivity index (χ2v) is 8.96. The van der Waals surface area contributed by atoms with Crippen molar-refractivity contribution in [2.24, 2.45) is 5.92 Å². The molecule has 0 aliphatic heterocycles. The Morgan fingerprint density at radius 2 is 1.41 bits per heavy atom. The molecule has 0 aromatic rings. The third-order valence-electron chi connectivity index (χ3n) is 5.05. The molecule has 2 fully saturated rings. The summed E-state index contributed by atoms with van der Waals surface area (Å²) in [4.78, 5) is 21.5. The predicted octanol–water partition coefficient (Wildman–Crippen LogP) is 4.47. The van der Waals surface area contributed by atoms with Gasteiger partial charge in [-0.05, 0) is 46.5 Å². The predicted molar refractivity (Wildman–Crippen MR) is 108 cm³/mol. The van der Waals surface area contributed by atoms with Crippen LogP contribution in [0.5, 0.6) is 0 Å². The highest BCUT2D eigenvalue weighted by molar-refractivity contribution is 5.72. The Morgan fingerprint density at radius 3 is 1.78 bits per heavy atom. The number of carbonyl (C=O) groups is 2. The molecule has 0 saturated heterocycles. The fraction of sp³-hybridized carbons (Fsp3) is 0.905. The number of alkyl carbamates (subject to hydrolysis) is 1. The Hall–Kier alpha value is -1.30. The Balaban J connectivity index is 0.000000270. The molecule has 2 saturated carbocycles. The van der Waals surface area contributed by atoms with Crippen LogP contribution in [0, 0.1) is 5.92 Å². The lowest BCUT2D eigenvalue weighted by atomic mass is 9.91. The number of hydrogen-bond donors (Lipinski definition) is 3. The van der Waals surface area contributed by atoms with Gasteiger partial charge in [-0.2, -0.15) is 0 Å². The van der Waals surface area contributed by atoms with E-state index in [-0.39, 0.29) is 6.54 Å². The number of nitrogens with one attached hydrogen (secondary N) is 2. The van der Waals surface area contributed by atoms with E-state index in [2.05, 4.69) is 10.6 Å². The van der Waals surface area contributed by atoms with Crippen LogP contribution in [0.3, 0.4) is 0 Å². The van der Waals surface area contributed by atoms with Gasteiger partial charge >= 0.3 is 12.1 Å². The van der Waals surface area contributed by atoms with Gasteiger partial charge in [0.05, 0.1) is 5.92 Å². The molecule has 6 nitrogen and oxygen atoms in total. The first kappa shape index (κ1) is 23.7. The molecule has 1 atom stereocenters. The largest absolute Gasteiger partial charge is 0.481 e. The summed E-state index contributed by atoms with van der Waals surface area (Å²) in [5, 5.41) is 14.8. The highest BCUT2D eigenvalue weighted by atomic mass is 16.6. The van der Waals surface area contributed by atoms with Gasteiger partial charge in [0.25, 0.3) is 0 Å². The average Bonchev–Trinajstić information content (AvgIpc) is 2.60. The SMILES string of the molecule is C1CCC(NC2CCCCC2)CC1.C[C@H](CNC(=O)OC(C)(C)C)C(=O)O. The van der Waals surface area contributed by atoms with E-state index in [0.29, 0.717) is 0 Å². The molecule has 3 N–H and O–H groups in total. The van der Waals surface area contributed by atoms with Crippen molar-refractivity contribution in [3.8, 4) is 0 Å². The minimum absolute atomic E-state index is 0.0737. The molecule has 6 heteroatoms. The third kappa shape index (κ3) is 11.9. The van der Waals surface area contributed by atoms with Gasteiger partial charge in [-0.15, -0.1) is 0 Å². The Morgan fingerprint density at radius 1 is 0.963 bits per heavy atom. The molecule has 0 radical (unpaired) electrons. The maximum Gasteiger partial charge on any atom is 0.407 e. The smallest absolute Gasteiger partial charge is 0.407 e. The summed E-state index contributed by atoms with van der Waals surface area (Å²) >= 11 is 0. The quantitative estimate of drug-likeness (QED) is 0.651. The Labute approximate surface area is 164 Å². The molecule has 0 aromatic carbocycles. The van der Waals surface area contributed by atoms with Crippen molar-refractivity contribution in [3.05, 3.63) is 0 Å². The van der Waals surface area contributed by atoms with Crippen LogP contribution in [0.1, 0.15) is 91.9 Å². The summed E-state index contributed by atoms with van der Waals surface area (Å²) in [6, 6.07) is 1.74. The maximum absolute atomic E-state index is 11.1. The van der Waals surface area contributed by atoms with E-state index in [1.807, 2.05) is 0 Å². The van der Waals surface area contributed by atoms with Crippen molar-refractivity contribution in [1.29, 1.82) is 0 Å². The summed E-state index contributed by atoms with van der Waals surface area (Å²) in [7, 11) is 0. The van der Waals surface area contributed by atoms with E-state index in [4.69, 9.17) is 9.84 Å². The van der Waals surface area contributed by atoms with E-state index in [9.17, 15) is 9.59 Å². The zero-order valence-corrected chi connectivity index (χ0v) is 17.7. The van der Waals surface area contributed by atoms with E-state index < -0.39 is 23.6 Å². The lowest BCUT2D eigenvalue weighted by molar-refractivity contribution is -0.140. The molecule has 0 unspecified atom stereocenters. The molecule has 0 bridgehead atoms. The standard InChI is InChI=1S/C12H23N.C9H17NO4/c1-3-7-11(8-4-1)13-12-9-5-2-6-10-12;1-6(7(11)12)5-10-8(13)14-9(2,3)4/h11-13H,1-10H2;6H,5H2,1-4H3,(H,10,13)(H,11,12)/t;6-/m.1/s1. The van der Waals surface area contributed by atoms with Crippen LogP contribution in [0.15, 0.2) is 0 Å². The van der Waals surface area contributed by atoms with Crippen LogP contribution in [-0.4, -0.2) is 41.4 Å². The van der Waals surface area contributed by atoms with Crippen LogP contribution in [0.4, 0.5) is 4.79 Å². The zero-order valence-electron chi connectivity index (χ0n) is 17.7. The number of carboxylic acids is 1. The molecule has 0 aromatic heterocycles.